The summed E-state index contributed by atoms with van der Waals surface area (Å²) in [5.74, 6) is -0.0419. The molecule has 0 heterocycles. The zero-order valence-electron chi connectivity index (χ0n) is 11.0. The van der Waals surface area contributed by atoms with Crippen LogP contribution in [-0.2, 0) is 9.59 Å². The average molecular weight is 261 g/mol. The predicted molar refractivity (Wildman–Crippen MR) is 71.8 cm³/mol. The molecule has 1 aliphatic rings. The lowest BCUT2D eigenvalue weighted by atomic mass is 10.1. The number of carboxylic acid groups (broad SMARTS) is 1. The Balaban J connectivity index is 1.75. The van der Waals surface area contributed by atoms with Gasteiger partial charge in [0.15, 0.2) is 0 Å². The Hall–Kier alpha value is -1.84. The number of hydrogen-bond acceptors (Lipinski definition) is 2. The van der Waals surface area contributed by atoms with Crippen molar-refractivity contribution >= 4 is 11.9 Å². The first-order chi connectivity index (χ1) is 9.06. The van der Waals surface area contributed by atoms with Crippen molar-refractivity contribution < 1.29 is 14.7 Å². The standard InChI is InChI=1S/C15H19NO3/c1-10(7-15(18)19)16-14(17)9-12-8-13(12)11-5-3-2-4-6-11/h2-6,10,12-13H,7-9H2,1H3,(H,16,17)(H,18,19)/t10?,12-,13-/m0/s1. The average Bonchev–Trinajstić information content (AvgIpc) is 3.07. The minimum atomic E-state index is -0.888. The minimum absolute atomic E-state index is 0.0292. The Morgan fingerprint density at radius 3 is 2.68 bits per heavy atom. The maximum Gasteiger partial charge on any atom is 0.305 e. The van der Waals surface area contributed by atoms with Gasteiger partial charge in [0.2, 0.25) is 5.91 Å². The molecule has 1 amide bonds. The first-order valence-electron chi connectivity index (χ1n) is 6.62. The Labute approximate surface area is 112 Å². The molecule has 1 saturated carbocycles. The third-order valence-electron chi connectivity index (χ3n) is 3.49. The van der Waals surface area contributed by atoms with Crippen molar-refractivity contribution in [1.29, 1.82) is 0 Å². The molecule has 0 aliphatic heterocycles. The number of benzene rings is 1. The van der Waals surface area contributed by atoms with Gasteiger partial charge in [-0.3, -0.25) is 9.59 Å². The van der Waals surface area contributed by atoms with Gasteiger partial charge in [-0.05, 0) is 30.7 Å². The first kappa shape index (κ1) is 13.6. The van der Waals surface area contributed by atoms with E-state index in [0.717, 1.165) is 6.42 Å². The van der Waals surface area contributed by atoms with Crippen LogP contribution in [0.5, 0.6) is 0 Å². The van der Waals surface area contributed by atoms with Crippen LogP contribution in [0.2, 0.25) is 0 Å². The van der Waals surface area contributed by atoms with Gasteiger partial charge in [-0.15, -0.1) is 0 Å². The summed E-state index contributed by atoms with van der Waals surface area (Å²) in [7, 11) is 0. The van der Waals surface area contributed by atoms with Crippen molar-refractivity contribution in [1.82, 2.24) is 5.32 Å². The van der Waals surface area contributed by atoms with Crippen molar-refractivity contribution in [2.75, 3.05) is 0 Å². The van der Waals surface area contributed by atoms with Crippen molar-refractivity contribution in [3.05, 3.63) is 35.9 Å². The van der Waals surface area contributed by atoms with E-state index in [1.807, 2.05) is 18.2 Å². The highest BCUT2D eigenvalue weighted by molar-refractivity contribution is 5.78. The summed E-state index contributed by atoms with van der Waals surface area (Å²) in [6, 6.07) is 9.89. The van der Waals surface area contributed by atoms with Gasteiger partial charge >= 0.3 is 5.97 Å². The van der Waals surface area contributed by atoms with E-state index in [1.54, 1.807) is 6.92 Å². The molecule has 0 saturated heterocycles. The maximum atomic E-state index is 11.8. The Morgan fingerprint density at radius 2 is 2.05 bits per heavy atom. The number of carbonyl (C=O) groups excluding carboxylic acids is 1. The summed E-state index contributed by atoms with van der Waals surface area (Å²) in [6.45, 7) is 1.72. The van der Waals surface area contributed by atoms with E-state index in [1.165, 1.54) is 5.56 Å². The van der Waals surface area contributed by atoms with E-state index in [2.05, 4.69) is 17.4 Å². The highest BCUT2D eigenvalue weighted by atomic mass is 16.4. The zero-order valence-corrected chi connectivity index (χ0v) is 11.0. The van der Waals surface area contributed by atoms with E-state index in [0.29, 0.717) is 18.3 Å². The summed E-state index contributed by atoms with van der Waals surface area (Å²) in [5.41, 5.74) is 1.29. The van der Waals surface area contributed by atoms with Crippen LogP contribution in [0.25, 0.3) is 0 Å². The molecule has 0 bridgehead atoms. The van der Waals surface area contributed by atoms with Crippen LogP contribution in [0.4, 0.5) is 0 Å². The summed E-state index contributed by atoms with van der Waals surface area (Å²) < 4.78 is 0. The SMILES string of the molecule is CC(CC(=O)O)NC(=O)C[C@@H]1C[C@H]1c1ccccc1. The van der Waals surface area contributed by atoms with Crippen LogP contribution < -0.4 is 5.32 Å². The Bertz CT molecular complexity index is 458. The summed E-state index contributed by atoms with van der Waals surface area (Å²) >= 11 is 0. The molecule has 102 valence electrons. The molecule has 3 atom stereocenters. The number of hydrogen-bond donors (Lipinski definition) is 2. The van der Waals surface area contributed by atoms with Crippen molar-refractivity contribution in [3.8, 4) is 0 Å². The molecular weight excluding hydrogens is 242 g/mol. The van der Waals surface area contributed by atoms with Crippen LogP contribution in [0.15, 0.2) is 30.3 Å². The van der Waals surface area contributed by atoms with Crippen LogP contribution >= 0.6 is 0 Å². The van der Waals surface area contributed by atoms with Crippen molar-refractivity contribution in [2.24, 2.45) is 5.92 Å². The molecule has 1 aromatic rings. The molecule has 0 radical (unpaired) electrons. The highest BCUT2D eigenvalue weighted by Crippen LogP contribution is 2.49. The second-order valence-corrected chi connectivity index (χ2v) is 5.28. The molecule has 2 rings (SSSR count). The van der Waals surface area contributed by atoms with Gasteiger partial charge in [0.25, 0.3) is 0 Å². The van der Waals surface area contributed by atoms with Crippen LogP contribution in [0.3, 0.4) is 0 Å². The normalized spacial score (nSPS) is 22.6. The number of aliphatic carboxylic acids is 1. The van der Waals surface area contributed by atoms with Crippen molar-refractivity contribution in [2.45, 2.75) is 38.1 Å². The number of carbonyl (C=O) groups is 2. The van der Waals surface area contributed by atoms with E-state index in [4.69, 9.17) is 5.11 Å². The molecule has 19 heavy (non-hydrogen) atoms. The van der Waals surface area contributed by atoms with E-state index in [-0.39, 0.29) is 18.4 Å². The minimum Gasteiger partial charge on any atom is -0.481 e. The molecule has 1 aromatic carbocycles. The smallest absolute Gasteiger partial charge is 0.305 e. The van der Waals surface area contributed by atoms with E-state index < -0.39 is 5.97 Å². The van der Waals surface area contributed by atoms with Gasteiger partial charge in [-0.25, -0.2) is 0 Å². The largest absolute Gasteiger partial charge is 0.481 e. The Morgan fingerprint density at radius 1 is 1.37 bits per heavy atom. The summed E-state index contributed by atoms with van der Waals surface area (Å²) in [6.07, 6.45) is 1.51. The molecule has 1 aliphatic carbocycles. The fourth-order valence-corrected chi connectivity index (χ4v) is 2.47. The number of nitrogens with one attached hydrogen (secondary N) is 1. The van der Waals surface area contributed by atoms with Gasteiger partial charge in [-0.2, -0.15) is 0 Å². The highest BCUT2D eigenvalue weighted by Gasteiger charge is 2.39. The topological polar surface area (TPSA) is 66.4 Å². The molecule has 4 heteroatoms. The lowest BCUT2D eigenvalue weighted by Gasteiger charge is -2.11. The van der Waals surface area contributed by atoms with Gasteiger partial charge < -0.3 is 10.4 Å². The monoisotopic (exact) mass is 261 g/mol. The lowest BCUT2D eigenvalue weighted by molar-refractivity contribution is -0.137. The third kappa shape index (κ3) is 4.09. The second kappa shape index (κ2) is 5.87. The molecule has 4 nitrogen and oxygen atoms in total. The predicted octanol–water partition coefficient (Wildman–Crippen LogP) is 2.16. The number of carboxylic acids is 1. The molecule has 0 aromatic heterocycles. The van der Waals surface area contributed by atoms with E-state index >= 15 is 0 Å². The maximum absolute atomic E-state index is 11.8. The van der Waals surface area contributed by atoms with Crippen LogP contribution in [-0.4, -0.2) is 23.0 Å². The first-order valence-corrected chi connectivity index (χ1v) is 6.62. The summed E-state index contributed by atoms with van der Waals surface area (Å²) in [4.78, 5) is 22.3. The van der Waals surface area contributed by atoms with Crippen molar-refractivity contribution in [3.63, 3.8) is 0 Å². The van der Waals surface area contributed by atoms with Gasteiger partial charge in [-0.1, -0.05) is 30.3 Å². The van der Waals surface area contributed by atoms with Gasteiger partial charge in [0, 0.05) is 12.5 Å². The molecular formula is C15H19NO3. The molecule has 0 spiro atoms. The quantitative estimate of drug-likeness (QED) is 0.824. The lowest BCUT2D eigenvalue weighted by Crippen LogP contribution is -2.34. The second-order valence-electron chi connectivity index (χ2n) is 5.28. The van der Waals surface area contributed by atoms with Gasteiger partial charge in [0.05, 0.1) is 6.42 Å². The molecule has 1 fully saturated rings. The zero-order chi connectivity index (χ0) is 13.8. The molecule has 2 N–H and O–H groups in total. The fraction of sp³-hybridized carbons (Fsp3) is 0.467. The summed E-state index contributed by atoms with van der Waals surface area (Å²) in [5, 5.41) is 11.4. The Kier molecular flexibility index (Phi) is 4.20. The fourth-order valence-electron chi connectivity index (χ4n) is 2.47. The van der Waals surface area contributed by atoms with Gasteiger partial charge in [0.1, 0.15) is 0 Å². The van der Waals surface area contributed by atoms with Crippen LogP contribution in [0, 0.1) is 5.92 Å². The van der Waals surface area contributed by atoms with E-state index in [9.17, 15) is 9.59 Å². The molecule has 1 unspecified atom stereocenters. The van der Waals surface area contributed by atoms with Crippen LogP contribution in [0.1, 0.15) is 37.7 Å². The number of amides is 1. The number of rotatable bonds is 6. The third-order valence-corrected chi connectivity index (χ3v) is 3.49.